The Hall–Kier alpha value is -4.65. The summed E-state index contributed by atoms with van der Waals surface area (Å²) in [5, 5.41) is 21.5. The fourth-order valence-electron chi connectivity index (χ4n) is 3.43. The first-order chi connectivity index (χ1) is 16.8. The van der Waals surface area contributed by atoms with Crippen LogP contribution in [-0.4, -0.2) is 25.1 Å². The topological polar surface area (TPSA) is 164 Å². The van der Waals surface area contributed by atoms with Crippen molar-refractivity contribution < 1.29 is 13.2 Å². The lowest BCUT2D eigenvalue weighted by molar-refractivity contribution is 0.415. The average Bonchev–Trinajstić information content (AvgIpc) is 3.36. The summed E-state index contributed by atoms with van der Waals surface area (Å²) in [4.78, 5) is 17.1. The van der Waals surface area contributed by atoms with Gasteiger partial charge in [-0.3, -0.25) is 14.1 Å². The lowest BCUT2D eigenvalue weighted by Crippen LogP contribution is -2.26. The third kappa shape index (κ3) is 4.31. The number of rotatable bonds is 6. The van der Waals surface area contributed by atoms with Crippen LogP contribution in [0, 0.1) is 22.7 Å². The van der Waals surface area contributed by atoms with Crippen LogP contribution in [0.3, 0.4) is 0 Å². The number of nitriles is 2. The van der Waals surface area contributed by atoms with Crippen molar-refractivity contribution in [1.82, 2.24) is 9.55 Å². The number of benzene rings is 2. The lowest BCUT2D eigenvalue weighted by Gasteiger charge is -2.16. The summed E-state index contributed by atoms with van der Waals surface area (Å²) in [6, 6.07) is 15.7. The maximum Gasteiger partial charge on any atom is 0.275 e. The van der Waals surface area contributed by atoms with Gasteiger partial charge in [0.2, 0.25) is 0 Å². The Balaban J connectivity index is 1.83. The van der Waals surface area contributed by atoms with Gasteiger partial charge in [0.25, 0.3) is 15.6 Å². The third-order valence-corrected chi connectivity index (χ3v) is 7.25. The van der Waals surface area contributed by atoms with Gasteiger partial charge < -0.3 is 10.5 Å². The van der Waals surface area contributed by atoms with E-state index in [0.29, 0.717) is 11.3 Å². The van der Waals surface area contributed by atoms with Gasteiger partial charge in [0.05, 0.1) is 17.7 Å². The fourth-order valence-corrected chi connectivity index (χ4v) is 5.22. The molecule has 2 aromatic heterocycles. The number of hydrogen-bond donors (Lipinski definition) is 2. The molecular formula is C23H16N6O4S2. The Kier molecular flexibility index (Phi) is 6.25. The Labute approximate surface area is 204 Å². The molecule has 12 heteroatoms. The molecule has 0 aliphatic carbocycles. The predicted molar refractivity (Wildman–Crippen MR) is 131 cm³/mol. The number of pyridine rings is 1. The second-order valence-corrected chi connectivity index (χ2v) is 9.62. The maximum atomic E-state index is 13.3. The highest BCUT2D eigenvalue weighted by atomic mass is 32.2. The van der Waals surface area contributed by atoms with E-state index in [-0.39, 0.29) is 38.2 Å². The summed E-state index contributed by atoms with van der Waals surface area (Å²) in [6.45, 7) is 0. The molecule has 2 aromatic carbocycles. The number of nitrogens with zero attached hydrogens (tertiary/aromatic N) is 4. The number of nitrogens with one attached hydrogen (secondary N) is 1. The quantitative estimate of drug-likeness (QED) is 0.404. The predicted octanol–water partition coefficient (Wildman–Crippen LogP) is 3.10. The Morgan fingerprint density at radius 2 is 1.71 bits per heavy atom. The van der Waals surface area contributed by atoms with Gasteiger partial charge in [-0.2, -0.15) is 10.5 Å². The summed E-state index contributed by atoms with van der Waals surface area (Å²) in [6.07, 6.45) is 1.47. The number of nitrogen functional groups attached to an aromatic ring is 1. The largest absolute Gasteiger partial charge is 0.497 e. The van der Waals surface area contributed by atoms with E-state index in [9.17, 15) is 23.7 Å². The van der Waals surface area contributed by atoms with Crippen molar-refractivity contribution in [2.24, 2.45) is 0 Å². The molecule has 3 N–H and O–H groups in total. The van der Waals surface area contributed by atoms with E-state index in [1.165, 1.54) is 37.6 Å². The number of methoxy groups -OCH3 is 1. The highest BCUT2D eigenvalue weighted by Crippen LogP contribution is 2.31. The zero-order chi connectivity index (χ0) is 25.2. The van der Waals surface area contributed by atoms with Crippen LogP contribution in [0.4, 0.5) is 10.9 Å². The van der Waals surface area contributed by atoms with Gasteiger partial charge in [-0.25, -0.2) is 13.4 Å². The molecule has 0 saturated carbocycles. The third-order valence-electron chi connectivity index (χ3n) is 5.08. The molecule has 0 amide bonds. The lowest BCUT2D eigenvalue weighted by atomic mass is 9.96. The first kappa shape index (κ1) is 23.5. The molecule has 0 spiro atoms. The highest BCUT2D eigenvalue weighted by Gasteiger charge is 2.23. The first-order valence-corrected chi connectivity index (χ1v) is 12.2. The van der Waals surface area contributed by atoms with Crippen LogP contribution in [-0.2, 0) is 10.0 Å². The summed E-state index contributed by atoms with van der Waals surface area (Å²) in [7, 11) is -2.41. The fraction of sp³-hybridized carbons (Fsp3) is 0.0435. The Bertz CT molecular complexity index is 1650. The molecule has 4 rings (SSSR count). The minimum absolute atomic E-state index is 0.0616. The van der Waals surface area contributed by atoms with Crippen LogP contribution in [0.15, 0.2) is 69.8 Å². The zero-order valence-corrected chi connectivity index (χ0v) is 19.7. The molecule has 0 aliphatic heterocycles. The SMILES string of the molecule is COc1ccc(-c2c(C#N)c(N)n(-c3ccc(S(=O)(=O)Nc4nccs4)cc3)c(=O)c2C#N)cc1. The highest BCUT2D eigenvalue weighted by molar-refractivity contribution is 7.93. The standard InChI is InChI=1S/C23H16N6O4S2/c1-33-16-6-2-14(3-7-16)20-18(12-24)21(26)29(22(30)19(20)13-25)15-4-8-17(9-5-15)35(31,32)28-23-27-10-11-34-23/h2-11H,26H2,1H3,(H,27,28). The van der Waals surface area contributed by atoms with Crippen LogP contribution < -0.4 is 20.8 Å². The molecule has 0 unspecified atom stereocenters. The van der Waals surface area contributed by atoms with Gasteiger partial charge in [-0.1, -0.05) is 12.1 Å². The maximum absolute atomic E-state index is 13.3. The second kappa shape index (κ2) is 9.30. The minimum Gasteiger partial charge on any atom is -0.497 e. The van der Waals surface area contributed by atoms with Gasteiger partial charge in [0.1, 0.15) is 34.8 Å². The molecule has 10 nitrogen and oxygen atoms in total. The van der Waals surface area contributed by atoms with Crippen molar-refractivity contribution >= 4 is 32.3 Å². The average molecular weight is 505 g/mol. The van der Waals surface area contributed by atoms with Gasteiger partial charge in [-0.05, 0) is 42.0 Å². The molecule has 174 valence electrons. The van der Waals surface area contributed by atoms with Crippen molar-refractivity contribution in [3.63, 3.8) is 0 Å². The zero-order valence-electron chi connectivity index (χ0n) is 18.1. The molecule has 0 atom stereocenters. The van der Waals surface area contributed by atoms with Crippen molar-refractivity contribution in [2.75, 3.05) is 17.6 Å². The van der Waals surface area contributed by atoms with Crippen LogP contribution in [0.2, 0.25) is 0 Å². The molecule has 4 aromatic rings. The summed E-state index contributed by atoms with van der Waals surface area (Å²) >= 11 is 1.13. The number of aromatic nitrogens is 2. The molecular weight excluding hydrogens is 488 g/mol. The number of anilines is 2. The van der Waals surface area contributed by atoms with Gasteiger partial charge in [-0.15, -0.1) is 11.3 Å². The van der Waals surface area contributed by atoms with Crippen LogP contribution in [0.25, 0.3) is 16.8 Å². The molecule has 0 saturated heterocycles. The smallest absolute Gasteiger partial charge is 0.275 e. The van der Waals surface area contributed by atoms with E-state index >= 15 is 0 Å². The molecule has 0 fully saturated rings. The van der Waals surface area contributed by atoms with Crippen molar-refractivity contribution in [3.05, 3.63) is 81.6 Å². The number of nitrogens with two attached hydrogens (primary N) is 1. The Morgan fingerprint density at radius 3 is 2.26 bits per heavy atom. The number of sulfonamides is 1. The normalized spacial score (nSPS) is 10.8. The monoisotopic (exact) mass is 504 g/mol. The second-order valence-electron chi connectivity index (χ2n) is 7.04. The van der Waals surface area contributed by atoms with Crippen LogP contribution in [0.1, 0.15) is 11.1 Å². The minimum atomic E-state index is -3.91. The molecule has 0 bridgehead atoms. The summed E-state index contributed by atoms with van der Waals surface area (Å²) < 4.78 is 33.7. The summed E-state index contributed by atoms with van der Waals surface area (Å²) in [5.41, 5.74) is 5.90. The molecule has 35 heavy (non-hydrogen) atoms. The van der Waals surface area contributed by atoms with Gasteiger partial charge in [0.15, 0.2) is 5.13 Å². The number of ether oxygens (including phenoxy) is 1. The van der Waals surface area contributed by atoms with E-state index in [1.807, 2.05) is 12.1 Å². The molecule has 0 aliphatic rings. The van der Waals surface area contributed by atoms with Crippen molar-refractivity contribution in [2.45, 2.75) is 4.90 Å². The molecule has 0 radical (unpaired) electrons. The van der Waals surface area contributed by atoms with Gasteiger partial charge >= 0.3 is 0 Å². The van der Waals surface area contributed by atoms with Crippen molar-refractivity contribution in [1.29, 1.82) is 10.5 Å². The first-order valence-electron chi connectivity index (χ1n) is 9.86. The Morgan fingerprint density at radius 1 is 1.06 bits per heavy atom. The summed E-state index contributed by atoms with van der Waals surface area (Å²) in [5.74, 6) is 0.380. The van der Waals surface area contributed by atoms with Crippen LogP contribution in [0.5, 0.6) is 5.75 Å². The van der Waals surface area contributed by atoms with Crippen LogP contribution >= 0.6 is 11.3 Å². The van der Waals surface area contributed by atoms with Crippen molar-refractivity contribution in [3.8, 4) is 34.7 Å². The molecule has 2 heterocycles. The van der Waals surface area contributed by atoms with E-state index in [4.69, 9.17) is 10.5 Å². The van der Waals surface area contributed by atoms with Gasteiger partial charge in [0, 0.05) is 17.1 Å². The number of hydrogen-bond acceptors (Lipinski definition) is 9. The van der Waals surface area contributed by atoms with E-state index in [0.717, 1.165) is 15.9 Å². The van der Waals surface area contributed by atoms with E-state index in [1.54, 1.807) is 29.6 Å². The number of thiazole rings is 1. The van der Waals surface area contributed by atoms with E-state index < -0.39 is 15.6 Å². The van der Waals surface area contributed by atoms with E-state index in [2.05, 4.69) is 9.71 Å².